The summed E-state index contributed by atoms with van der Waals surface area (Å²) in [5.41, 5.74) is 0.583. The molecule has 1 aromatic heterocycles. The molecule has 4 heteroatoms. The Bertz CT molecular complexity index is 512. The monoisotopic (exact) mass is 303 g/mol. The maximum Gasteiger partial charge on any atom is 0.141 e. The van der Waals surface area contributed by atoms with Gasteiger partial charge in [-0.25, -0.2) is 4.39 Å². The second-order valence-corrected chi connectivity index (χ2v) is 5.31. The van der Waals surface area contributed by atoms with Crippen molar-refractivity contribution < 1.29 is 4.39 Å². The number of hydrogen-bond acceptors (Lipinski definition) is 2. The van der Waals surface area contributed by atoms with Gasteiger partial charge in [0.05, 0.1) is 13.1 Å². The van der Waals surface area contributed by atoms with Crippen molar-refractivity contribution in [2.75, 3.05) is 0 Å². The highest BCUT2D eigenvalue weighted by atomic mass is 127. The van der Waals surface area contributed by atoms with E-state index in [2.05, 4.69) is 28.7 Å². The fourth-order valence-corrected chi connectivity index (χ4v) is 3.11. The van der Waals surface area contributed by atoms with Crippen LogP contribution >= 0.6 is 33.9 Å². The van der Waals surface area contributed by atoms with Gasteiger partial charge in [-0.15, -0.1) is 11.3 Å². The van der Waals surface area contributed by atoms with E-state index in [0.29, 0.717) is 10.3 Å². The number of thiophene rings is 1. The van der Waals surface area contributed by atoms with Crippen molar-refractivity contribution >= 4 is 44.0 Å². The lowest BCUT2D eigenvalue weighted by Gasteiger charge is -1.89. The van der Waals surface area contributed by atoms with Crippen molar-refractivity contribution in [2.24, 2.45) is 0 Å². The fraction of sp³-hybridized carbons (Fsp3) is 0. The summed E-state index contributed by atoms with van der Waals surface area (Å²) >= 11 is 3.38. The summed E-state index contributed by atoms with van der Waals surface area (Å²) in [6.45, 7) is 0. The van der Waals surface area contributed by atoms with Gasteiger partial charge in [0.2, 0.25) is 0 Å². The molecule has 64 valence electrons. The van der Waals surface area contributed by atoms with Gasteiger partial charge in [-0.3, -0.25) is 0 Å². The van der Waals surface area contributed by atoms with Crippen LogP contribution in [0, 0.1) is 20.0 Å². The van der Waals surface area contributed by atoms with Gasteiger partial charge in [-0.1, -0.05) is 12.1 Å². The fourth-order valence-electron chi connectivity index (χ4n) is 1.16. The van der Waals surface area contributed by atoms with Gasteiger partial charge >= 0.3 is 0 Å². The second-order valence-electron chi connectivity index (χ2n) is 2.48. The minimum Gasteiger partial charge on any atom is -0.205 e. The van der Waals surface area contributed by atoms with E-state index in [-0.39, 0.29) is 5.82 Å². The van der Waals surface area contributed by atoms with Crippen molar-refractivity contribution in [1.82, 2.24) is 0 Å². The van der Waals surface area contributed by atoms with Crippen LogP contribution in [0.25, 0.3) is 10.1 Å². The summed E-state index contributed by atoms with van der Waals surface area (Å²) in [4.78, 5) is 0. The van der Waals surface area contributed by atoms with Crippen LogP contribution < -0.4 is 0 Å². The Kier molecular flexibility index (Phi) is 2.22. The molecule has 0 amide bonds. The molecule has 0 unspecified atom stereocenters. The Morgan fingerprint density at radius 3 is 2.92 bits per heavy atom. The van der Waals surface area contributed by atoms with Crippen LogP contribution in [0.2, 0.25) is 0 Å². The topological polar surface area (TPSA) is 23.8 Å². The average Bonchev–Trinajstić information content (AvgIpc) is 2.43. The van der Waals surface area contributed by atoms with Crippen molar-refractivity contribution in [3.63, 3.8) is 0 Å². The molecule has 0 spiro atoms. The molecule has 0 aliphatic rings. The number of hydrogen-bond donors (Lipinski definition) is 0. The summed E-state index contributed by atoms with van der Waals surface area (Å²) in [6, 6.07) is 6.89. The highest BCUT2D eigenvalue weighted by Crippen LogP contribution is 2.33. The van der Waals surface area contributed by atoms with E-state index >= 15 is 0 Å². The predicted octanol–water partition coefficient (Wildman–Crippen LogP) is 3.52. The highest BCUT2D eigenvalue weighted by Gasteiger charge is 2.11. The first-order chi connectivity index (χ1) is 6.24. The zero-order chi connectivity index (χ0) is 9.42. The molecule has 0 saturated heterocycles. The van der Waals surface area contributed by atoms with E-state index in [1.807, 2.05) is 0 Å². The van der Waals surface area contributed by atoms with E-state index in [9.17, 15) is 4.39 Å². The average molecular weight is 303 g/mol. The Balaban J connectivity index is 2.96. The van der Waals surface area contributed by atoms with Crippen LogP contribution in [0.5, 0.6) is 0 Å². The molecule has 1 nitrogen and oxygen atoms in total. The van der Waals surface area contributed by atoms with Gasteiger partial charge in [-0.2, -0.15) is 5.26 Å². The van der Waals surface area contributed by atoms with Gasteiger partial charge in [0.15, 0.2) is 0 Å². The molecule has 0 aliphatic heterocycles. The molecule has 0 saturated carbocycles. The molecule has 0 fully saturated rings. The Morgan fingerprint density at radius 1 is 1.46 bits per heavy atom. The first-order valence-electron chi connectivity index (χ1n) is 3.50. The molecule has 1 heterocycles. The van der Waals surface area contributed by atoms with Crippen LogP contribution in [0.4, 0.5) is 4.39 Å². The third-order valence-corrected chi connectivity index (χ3v) is 3.94. The minimum absolute atomic E-state index is 0.248. The van der Waals surface area contributed by atoms with Gasteiger partial charge < -0.3 is 0 Å². The first-order valence-corrected chi connectivity index (χ1v) is 5.40. The summed E-state index contributed by atoms with van der Waals surface area (Å²) < 4.78 is 14.6. The molecule has 0 bridgehead atoms. The van der Waals surface area contributed by atoms with Gasteiger partial charge in [-0.05, 0) is 28.7 Å². The number of rotatable bonds is 0. The summed E-state index contributed by atoms with van der Waals surface area (Å²) in [6.07, 6.45) is 0. The normalized spacial score (nSPS) is 10.2. The smallest absolute Gasteiger partial charge is 0.141 e. The third-order valence-electron chi connectivity index (χ3n) is 1.74. The van der Waals surface area contributed by atoms with Crippen LogP contribution in [-0.2, 0) is 0 Å². The standard InChI is InChI=1S/C9H3FINS/c10-7-3-1-2-5-6(4-12)9(11)13-8(5)7/h1-3H. The SMILES string of the molecule is N#Cc1c(I)sc2c(F)cccc12. The molecular formula is C9H3FINS. The van der Waals surface area contributed by atoms with Gasteiger partial charge in [0.1, 0.15) is 11.9 Å². The van der Waals surface area contributed by atoms with Crippen LogP contribution in [0.3, 0.4) is 0 Å². The molecule has 1 aromatic carbocycles. The third kappa shape index (κ3) is 1.32. The highest BCUT2D eigenvalue weighted by molar-refractivity contribution is 14.1. The largest absolute Gasteiger partial charge is 0.205 e. The van der Waals surface area contributed by atoms with Gasteiger partial charge in [0.25, 0.3) is 0 Å². The second kappa shape index (κ2) is 3.24. The van der Waals surface area contributed by atoms with Crippen molar-refractivity contribution in [1.29, 1.82) is 5.26 Å². The molecule has 2 aromatic rings. The number of fused-ring (bicyclic) bond motifs is 1. The van der Waals surface area contributed by atoms with Crippen LogP contribution in [-0.4, -0.2) is 0 Å². The molecule has 2 rings (SSSR count). The number of halogens is 2. The van der Waals surface area contributed by atoms with E-state index in [0.717, 1.165) is 8.27 Å². The molecule has 13 heavy (non-hydrogen) atoms. The van der Waals surface area contributed by atoms with Crippen LogP contribution in [0.15, 0.2) is 18.2 Å². The number of nitrogens with zero attached hydrogens (tertiary/aromatic N) is 1. The van der Waals surface area contributed by atoms with E-state index < -0.39 is 0 Å². The summed E-state index contributed by atoms with van der Waals surface area (Å²) in [5, 5.41) is 9.54. The van der Waals surface area contributed by atoms with Crippen LogP contribution in [0.1, 0.15) is 5.56 Å². The molecule has 0 radical (unpaired) electrons. The predicted molar refractivity (Wildman–Crippen MR) is 59.2 cm³/mol. The lowest BCUT2D eigenvalue weighted by Crippen LogP contribution is -1.74. The maximum atomic E-state index is 13.2. The van der Waals surface area contributed by atoms with E-state index in [1.165, 1.54) is 17.4 Å². The summed E-state index contributed by atoms with van der Waals surface area (Å²) in [7, 11) is 0. The number of benzene rings is 1. The zero-order valence-electron chi connectivity index (χ0n) is 6.34. The lowest BCUT2D eigenvalue weighted by atomic mass is 10.2. The summed E-state index contributed by atoms with van der Waals surface area (Å²) in [5.74, 6) is -0.248. The van der Waals surface area contributed by atoms with Crippen molar-refractivity contribution in [2.45, 2.75) is 0 Å². The molecular weight excluding hydrogens is 300 g/mol. The lowest BCUT2D eigenvalue weighted by molar-refractivity contribution is 0.642. The maximum absolute atomic E-state index is 13.2. The molecule has 0 atom stereocenters. The van der Waals surface area contributed by atoms with E-state index in [4.69, 9.17) is 5.26 Å². The Labute approximate surface area is 91.9 Å². The Hall–Kier alpha value is -0.670. The molecule has 0 aliphatic carbocycles. The minimum atomic E-state index is -0.248. The first kappa shape index (κ1) is 8.91. The van der Waals surface area contributed by atoms with Gasteiger partial charge in [0, 0.05) is 5.39 Å². The Morgan fingerprint density at radius 2 is 2.23 bits per heavy atom. The number of nitriles is 1. The zero-order valence-corrected chi connectivity index (χ0v) is 9.32. The van der Waals surface area contributed by atoms with Crippen molar-refractivity contribution in [3.05, 3.63) is 32.5 Å². The molecule has 0 N–H and O–H groups in total. The van der Waals surface area contributed by atoms with Crippen molar-refractivity contribution in [3.8, 4) is 6.07 Å². The van der Waals surface area contributed by atoms with E-state index in [1.54, 1.807) is 12.1 Å². The quantitative estimate of drug-likeness (QED) is 0.683.